The lowest BCUT2D eigenvalue weighted by atomic mass is 10.2. The van der Waals surface area contributed by atoms with Crippen molar-refractivity contribution < 1.29 is 0 Å². The van der Waals surface area contributed by atoms with E-state index < -0.39 is 0 Å². The number of fused-ring (bicyclic) bond motifs is 1. The summed E-state index contributed by atoms with van der Waals surface area (Å²) in [6.07, 6.45) is 4.22. The molecule has 0 aromatic heterocycles. The summed E-state index contributed by atoms with van der Waals surface area (Å²) in [6, 6.07) is 0. The number of rotatable bonds is 0. The van der Waals surface area contributed by atoms with E-state index in [4.69, 9.17) is 11.6 Å². The fourth-order valence-corrected chi connectivity index (χ4v) is 1.26. The van der Waals surface area contributed by atoms with Crippen molar-refractivity contribution in [2.24, 2.45) is 9.98 Å². The Kier molecular flexibility index (Phi) is 1.24. The summed E-state index contributed by atoms with van der Waals surface area (Å²) in [4.78, 5) is 8.17. The normalized spacial score (nSPS) is 28.7. The summed E-state index contributed by atoms with van der Waals surface area (Å²) in [5, 5.41) is 3.51. The zero-order chi connectivity index (χ0) is 6.97. The molecule has 4 heteroatoms. The highest BCUT2D eigenvalue weighted by Crippen LogP contribution is 2.23. The molecule has 0 spiro atoms. The topological polar surface area (TPSA) is 36.8 Å². The maximum Gasteiger partial charge on any atom is 0.165 e. The second-order valence-corrected chi connectivity index (χ2v) is 2.55. The van der Waals surface area contributed by atoms with E-state index in [-0.39, 0.29) is 6.17 Å². The fraction of sp³-hybridized carbons (Fsp3) is 0.333. The van der Waals surface area contributed by atoms with Gasteiger partial charge in [0.25, 0.3) is 0 Å². The Bertz CT molecular complexity index is 241. The van der Waals surface area contributed by atoms with Crippen molar-refractivity contribution in [1.82, 2.24) is 5.32 Å². The van der Waals surface area contributed by atoms with Crippen molar-refractivity contribution >= 4 is 24.2 Å². The minimum absolute atomic E-state index is 0.0336. The molecule has 1 unspecified atom stereocenters. The van der Waals surface area contributed by atoms with E-state index in [0.29, 0.717) is 5.16 Å². The van der Waals surface area contributed by atoms with Gasteiger partial charge in [0, 0.05) is 18.2 Å². The van der Waals surface area contributed by atoms with Crippen LogP contribution < -0.4 is 5.32 Å². The smallest absolute Gasteiger partial charge is 0.165 e. The van der Waals surface area contributed by atoms with Crippen LogP contribution in [0.1, 0.15) is 6.42 Å². The summed E-state index contributed by atoms with van der Waals surface area (Å²) in [5.74, 6) is 0. The van der Waals surface area contributed by atoms with Crippen molar-refractivity contribution in [2.75, 3.05) is 0 Å². The average molecular weight is 156 g/mol. The van der Waals surface area contributed by atoms with Crippen molar-refractivity contribution in [3.8, 4) is 0 Å². The summed E-state index contributed by atoms with van der Waals surface area (Å²) >= 11 is 5.81. The molecule has 1 N–H and O–H groups in total. The summed E-state index contributed by atoms with van der Waals surface area (Å²) < 4.78 is 0. The van der Waals surface area contributed by atoms with Crippen molar-refractivity contribution in [3.05, 3.63) is 10.7 Å². The van der Waals surface area contributed by atoms with E-state index in [9.17, 15) is 0 Å². The van der Waals surface area contributed by atoms with Gasteiger partial charge < -0.3 is 5.32 Å². The first kappa shape index (κ1) is 5.92. The van der Waals surface area contributed by atoms with Gasteiger partial charge in [0.1, 0.15) is 5.16 Å². The lowest BCUT2D eigenvalue weighted by Crippen LogP contribution is -2.19. The summed E-state index contributed by atoms with van der Waals surface area (Å²) in [6.45, 7) is 0. The third-order valence-electron chi connectivity index (χ3n) is 1.56. The van der Waals surface area contributed by atoms with Crippen LogP contribution in [0, 0.1) is 0 Å². The van der Waals surface area contributed by atoms with Crippen LogP contribution in [-0.2, 0) is 0 Å². The van der Waals surface area contributed by atoms with Gasteiger partial charge in [-0.3, -0.25) is 4.99 Å². The molecule has 2 heterocycles. The van der Waals surface area contributed by atoms with Crippen LogP contribution in [0.15, 0.2) is 20.7 Å². The van der Waals surface area contributed by atoms with Crippen LogP contribution in [0.25, 0.3) is 0 Å². The van der Waals surface area contributed by atoms with Crippen LogP contribution >= 0.6 is 11.6 Å². The van der Waals surface area contributed by atoms with Crippen LogP contribution in [0.2, 0.25) is 0 Å². The van der Waals surface area contributed by atoms with E-state index in [1.54, 1.807) is 6.34 Å². The first-order valence-electron chi connectivity index (χ1n) is 3.06. The van der Waals surface area contributed by atoms with Gasteiger partial charge in [-0.05, 0) is 0 Å². The number of nitrogens with one attached hydrogen (secondary N) is 1. The molecular formula is C6H6ClN3. The molecule has 0 aromatic carbocycles. The number of hydrogen-bond donors (Lipinski definition) is 1. The van der Waals surface area contributed by atoms with Crippen LogP contribution in [-0.4, -0.2) is 18.7 Å². The molecule has 2 aliphatic heterocycles. The highest BCUT2D eigenvalue weighted by atomic mass is 35.5. The average Bonchev–Trinajstić information content (AvgIpc) is 2.36. The second-order valence-electron chi connectivity index (χ2n) is 2.17. The van der Waals surface area contributed by atoms with Gasteiger partial charge >= 0.3 is 0 Å². The molecule has 10 heavy (non-hydrogen) atoms. The van der Waals surface area contributed by atoms with Gasteiger partial charge in [0.05, 0.1) is 6.34 Å². The molecule has 0 aromatic rings. The molecule has 0 fully saturated rings. The number of halogens is 1. The highest BCUT2D eigenvalue weighted by molar-refractivity contribution is 6.30. The summed E-state index contributed by atoms with van der Waals surface area (Å²) in [5.41, 5.74) is 1.07. The van der Waals surface area contributed by atoms with Crippen molar-refractivity contribution in [1.29, 1.82) is 0 Å². The molecule has 0 saturated heterocycles. The minimum Gasteiger partial charge on any atom is -0.337 e. The Morgan fingerprint density at radius 3 is 3.30 bits per heavy atom. The van der Waals surface area contributed by atoms with Gasteiger partial charge in [0.2, 0.25) is 0 Å². The molecule has 3 nitrogen and oxygen atoms in total. The lowest BCUT2D eigenvalue weighted by Gasteiger charge is -2.12. The summed E-state index contributed by atoms with van der Waals surface area (Å²) in [7, 11) is 0. The van der Waals surface area contributed by atoms with Gasteiger partial charge in [0.15, 0.2) is 6.17 Å². The molecular weight excluding hydrogens is 150 g/mol. The Hall–Kier alpha value is -0.830. The van der Waals surface area contributed by atoms with Gasteiger partial charge in [-0.25, -0.2) is 4.99 Å². The third-order valence-corrected chi connectivity index (χ3v) is 1.91. The Morgan fingerprint density at radius 1 is 1.60 bits per heavy atom. The molecule has 0 radical (unpaired) electrons. The number of aliphatic imine (C=N–C) groups is 2. The number of hydrogen-bond acceptors (Lipinski definition) is 3. The molecule has 0 amide bonds. The molecule has 0 saturated carbocycles. The van der Waals surface area contributed by atoms with E-state index >= 15 is 0 Å². The third kappa shape index (κ3) is 0.743. The SMILES string of the molecule is ClC1=C2CC=NC2N=CN1. The van der Waals surface area contributed by atoms with Gasteiger partial charge in [-0.15, -0.1) is 0 Å². The van der Waals surface area contributed by atoms with Crippen molar-refractivity contribution in [2.45, 2.75) is 12.6 Å². The molecule has 52 valence electrons. The molecule has 2 aliphatic rings. The second kappa shape index (κ2) is 2.09. The standard InChI is InChI=1S/C6H6ClN3/c7-5-4-1-2-8-6(4)10-3-9-5/h2-3,6H,1H2,(H,9,10). The maximum absolute atomic E-state index is 5.81. The van der Waals surface area contributed by atoms with Gasteiger partial charge in [-0.2, -0.15) is 0 Å². The van der Waals surface area contributed by atoms with Crippen LogP contribution in [0.5, 0.6) is 0 Å². The Morgan fingerprint density at radius 2 is 2.50 bits per heavy atom. The first-order valence-corrected chi connectivity index (χ1v) is 3.44. The van der Waals surface area contributed by atoms with Crippen LogP contribution in [0.3, 0.4) is 0 Å². The Labute approximate surface area is 63.5 Å². The first-order chi connectivity index (χ1) is 4.88. The zero-order valence-electron chi connectivity index (χ0n) is 5.21. The van der Waals surface area contributed by atoms with E-state index in [2.05, 4.69) is 15.3 Å². The number of nitrogens with zero attached hydrogens (tertiary/aromatic N) is 2. The quantitative estimate of drug-likeness (QED) is 0.518. The van der Waals surface area contributed by atoms with Gasteiger partial charge in [-0.1, -0.05) is 11.6 Å². The fourth-order valence-electron chi connectivity index (χ4n) is 1.03. The molecule has 2 rings (SSSR count). The maximum atomic E-state index is 5.81. The molecule has 0 bridgehead atoms. The predicted molar refractivity (Wildman–Crippen MR) is 41.4 cm³/mol. The predicted octanol–water partition coefficient (Wildman–Crippen LogP) is 0.869. The molecule has 1 atom stereocenters. The van der Waals surface area contributed by atoms with E-state index in [1.165, 1.54) is 0 Å². The Balaban J connectivity index is 2.36. The van der Waals surface area contributed by atoms with Crippen LogP contribution in [0.4, 0.5) is 0 Å². The monoisotopic (exact) mass is 155 g/mol. The van der Waals surface area contributed by atoms with Crippen molar-refractivity contribution in [3.63, 3.8) is 0 Å². The minimum atomic E-state index is -0.0336. The van der Waals surface area contributed by atoms with E-state index in [1.807, 2.05) is 6.21 Å². The largest absolute Gasteiger partial charge is 0.337 e. The lowest BCUT2D eigenvalue weighted by molar-refractivity contribution is 0.814. The van der Waals surface area contributed by atoms with E-state index in [0.717, 1.165) is 12.0 Å². The molecule has 0 aliphatic carbocycles. The zero-order valence-corrected chi connectivity index (χ0v) is 5.97. The highest BCUT2D eigenvalue weighted by Gasteiger charge is 2.21.